The maximum atomic E-state index is 12.5. The summed E-state index contributed by atoms with van der Waals surface area (Å²) in [6.07, 6.45) is 0.599. The monoisotopic (exact) mass is 399 g/mol. The molecule has 0 fully saturated rings. The molecule has 0 spiro atoms. The van der Waals surface area contributed by atoms with Gasteiger partial charge in [0.2, 0.25) is 0 Å². The number of rotatable bonds is 8. The second-order valence-corrected chi connectivity index (χ2v) is 6.81. The summed E-state index contributed by atoms with van der Waals surface area (Å²) >= 11 is 0. The lowest BCUT2D eigenvalue weighted by atomic mass is 10.0. The highest BCUT2D eigenvalue weighted by Crippen LogP contribution is 2.17. The molecule has 30 heavy (non-hydrogen) atoms. The minimum atomic E-state index is -0.231. The Morgan fingerprint density at radius 2 is 1.67 bits per heavy atom. The number of carbonyl (C=O) groups is 2. The second-order valence-electron chi connectivity index (χ2n) is 6.81. The lowest BCUT2D eigenvalue weighted by Gasteiger charge is -2.08. The van der Waals surface area contributed by atoms with Crippen molar-refractivity contribution in [1.29, 1.82) is 0 Å². The molecule has 150 valence electrons. The zero-order valence-corrected chi connectivity index (χ0v) is 16.3. The van der Waals surface area contributed by atoms with Gasteiger partial charge in [0.05, 0.1) is 11.0 Å². The van der Waals surface area contributed by atoms with E-state index in [2.05, 4.69) is 15.3 Å². The van der Waals surface area contributed by atoms with Crippen molar-refractivity contribution in [1.82, 2.24) is 15.3 Å². The van der Waals surface area contributed by atoms with Gasteiger partial charge in [-0.1, -0.05) is 54.6 Å². The summed E-state index contributed by atoms with van der Waals surface area (Å²) in [5.74, 6) is 0.982. The largest absolute Gasteiger partial charge is 0.484 e. The molecule has 3 aromatic carbocycles. The van der Waals surface area contributed by atoms with Crippen molar-refractivity contribution in [2.24, 2.45) is 0 Å². The Morgan fingerprint density at radius 3 is 2.50 bits per heavy atom. The molecule has 1 aromatic heterocycles. The van der Waals surface area contributed by atoms with E-state index in [-0.39, 0.29) is 18.3 Å². The molecule has 4 rings (SSSR count). The van der Waals surface area contributed by atoms with Gasteiger partial charge in [0.15, 0.2) is 12.4 Å². The first-order chi connectivity index (χ1) is 14.7. The van der Waals surface area contributed by atoms with Crippen molar-refractivity contribution in [3.63, 3.8) is 0 Å². The number of fused-ring (bicyclic) bond motifs is 1. The smallest absolute Gasteiger partial charge is 0.257 e. The second kappa shape index (κ2) is 9.05. The van der Waals surface area contributed by atoms with Crippen molar-refractivity contribution in [3.8, 4) is 5.75 Å². The van der Waals surface area contributed by atoms with Crippen LogP contribution in [-0.4, -0.2) is 34.8 Å². The van der Waals surface area contributed by atoms with Crippen LogP contribution in [0.1, 0.15) is 21.7 Å². The summed E-state index contributed by atoms with van der Waals surface area (Å²) < 4.78 is 5.56. The third-order valence-electron chi connectivity index (χ3n) is 4.62. The number of hydrogen-bond acceptors (Lipinski definition) is 4. The summed E-state index contributed by atoms with van der Waals surface area (Å²) in [5.41, 5.74) is 3.01. The summed E-state index contributed by atoms with van der Waals surface area (Å²) in [6.45, 7) is 0.331. The van der Waals surface area contributed by atoms with Crippen LogP contribution in [0.2, 0.25) is 0 Å². The summed E-state index contributed by atoms with van der Waals surface area (Å²) in [5, 5.41) is 2.82. The summed E-state index contributed by atoms with van der Waals surface area (Å²) in [6, 6.07) is 23.7. The van der Waals surface area contributed by atoms with Crippen LogP contribution in [0.3, 0.4) is 0 Å². The fraction of sp³-hybridized carbons (Fsp3) is 0.125. The number of hydrogen-bond donors (Lipinski definition) is 2. The molecule has 4 aromatic rings. The molecule has 0 bridgehead atoms. The van der Waals surface area contributed by atoms with Crippen LogP contribution in [-0.2, 0) is 11.2 Å². The normalized spacial score (nSPS) is 10.7. The minimum Gasteiger partial charge on any atom is -0.484 e. The number of carbonyl (C=O) groups excluding carboxylic acids is 2. The van der Waals surface area contributed by atoms with E-state index in [1.807, 2.05) is 42.5 Å². The number of aromatic amines is 1. The van der Waals surface area contributed by atoms with Gasteiger partial charge >= 0.3 is 0 Å². The zero-order chi connectivity index (χ0) is 20.8. The van der Waals surface area contributed by atoms with Gasteiger partial charge in [-0.25, -0.2) is 4.98 Å². The molecular weight excluding hydrogens is 378 g/mol. The Bertz CT molecular complexity index is 1140. The van der Waals surface area contributed by atoms with E-state index in [9.17, 15) is 9.59 Å². The molecule has 6 nitrogen and oxygen atoms in total. The van der Waals surface area contributed by atoms with Crippen LogP contribution in [0.4, 0.5) is 0 Å². The maximum Gasteiger partial charge on any atom is 0.257 e. The molecule has 0 aliphatic carbocycles. The third-order valence-corrected chi connectivity index (χ3v) is 4.62. The zero-order valence-electron chi connectivity index (χ0n) is 16.3. The number of H-pyrrole nitrogens is 1. The SMILES string of the molecule is O=C(COc1cccc(C(=O)c2ccccc2)c1)NCCc1nc2ccccc2[nH]1. The van der Waals surface area contributed by atoms with Crippen LogP contribution in [0.15, 0.2) is 78.9 Å². The Balaban J connectivity index is 1.27. The highest BCUT2D eigenvalue weighted by molar-refractivity contribution is 6.09. The molecule has 0 aliphatic rings. The summed E-state index contributed by atoms with van der Waals surface area (Å²) in [7, 11) is 0. The molecule has 0 saturated heterocycles. The van der Waals surface area contributed by atoms with Gasteiger partial charge in [0.25, 0.3) is 5.91 Å². The number of amides is 1. The lowest BCUT2D eigenvalue weighted by molar-refractivity contribution is -0.123. The van der Waals surface area contributed by atoms with E-state index in [0.717, 1.165) is 16.9 Å². The summed E-state index contributed by atoms with van der Waals surface area (Å²) in [4.78, 5) is 32.3. The first-order valence-electron chi connectivity index (χ1n) is 9.72. The van der Waals surface area contributed by atoms with Crippen molar-refractivity contribution < 1.29 is 14.3 Å². The Labute approximate surface area is 173 Å². The van der Waals surface area contributed by atoms with Crippen molar-refractivity contribution in [2.45, 2.75) is 6.42 Å². The van der Waals surface area contributed by atoms with E-state index < -0.39 is 0 Å². The fourth-order valence-corrected chi connectivity index (χ4v) is 3.13. The van der Waals surface area contributed by atoms with Gasteiger partial charge in [-0.05, 0) is 24.3 Å². The highest BCUT2D eigenvalue weighted by atomic mass is 16.5. The van der Waals surface area contributed by atoms with Crippen LogP contribution in [0.25, 0.3) is 11.0 Å². The first-order valence-corrected chi connectivity index (χ1v) is 9.72. The van der Waals surface area contributed by atoms with E-state index in [4.69, 9.17) is 4.74 Å². The molecule has 6 heteroatoms. The number of ketones is 1. The predicted molar refractivity (Wildman–Crippen MR) is 115 cm³/mol. The topological polar surface area (TPSA) is 84.1 Å². The predicted octanol–water partition coefficient (Wildman–Crippen LogP) is 3.53. The Kier molecular flexibility index (Phi) is 5.85. The lowest BCUT2D eigenvalue weighted by Crippen LogP contribution is -2.30. The molecular formula is C24H21N3O3. The number of nitrogens with zero attached hydrogens (tertiary/aromatic N) is 1. The van der Waals surface area contributed by atoms with Crippen LogP contribution in [0, 0.1) is 0 Å². The molecule has 2 N–H and O–H groups in total. The number of benzene rings is 3. The van der Waals surface area contributed by atoms with E-state index in [0.29, 0.717) is 29.8 Å². The van der Waals surface area contributed by atoms with Gasteiger partial charge < -0.3 is 15.0 Å². The van der Waals surface area contributed by atoms with Gasteiger partial charge in [-0.2, -0.15) is 0 Å². The molecule has 0 saturated carbocycles. The van der Waals surface area contributed by atoms with Crippen LogP contribution in [0.5, 0.6) is 5.75 Å². The molecule has 0 atom stereocenters. The number of nitrogens with one attached hydrogen (secondary N) is 2. The maximum absolute atomic E-state index is 12.5. The average Bonchev–Trinajstić information content (AvgIpc) is 3.21. The van der Waals surface area contributed by atoms with Gasteiger partial charge in [0, 0.05) is 24.1 Å². The molecule has 0 aliphatic heterocycles. The minimum absolute atomic E-state index is 0.0867. The number of ether oxygens (including phenoxy) is 1. The molecule has 1 heterocycles. The number of imidazole rings is 1. The quantitative estimate of drug-likeness (QED) is 0.444. The van der Waals surface area contributed by atoms with Crippen molar-refractivity contribution in [2.75, 3.05) is 13.2 Å². The molecule has 0 radical (unpaired) electrons. The van der Waals surface area contributed by atoms with Gasteiger partial charge in [-0.15, -0.1) is 0 Å². The number of para-hydroxylation sites is 2. The standard InChI is InChI=1S/C24H21N3O3/c28-23(25-14-13-22-26-20-11-4-5-12-21(20)27-22)16-30-19-10-6-9-18(15-19)24(29)17-7-2-1-3-8-17/h1-12,15H,13-14,16H2,(H,25,28)(H,26,27). The first kappa shape index (κ1) is 19.4. The van der Waals surface area contributed by atoms with Gasteiger partial charge in [-0.3, -0.25) is 9.59 Å². The van der Waals surface area contributed by atoms with Crippen LogP contribution >= 0.6 is 0 Å². The Hall–Kier alpha value is -3.93. The average molecular weight is 399 g/mol. The van der Waals surface area contributed by atoms with Crippen molar-refractivity contribution in [3.05, 3.63) is 95.8 Å². The fourth-order valence-electron chi connectivity index (χ4n) is 3.13. The number of aromatic nitrogens is 2. The van der Waals surface area contributed by atoms with Crippen LogP contribution < -0.4 is 10.1 Å². The van der Waals surface area contributed by atoms with E-state index >= 15 is 0 Å². The van der Waals surface area contributed by atoms with Crippen molar-refractivity contribution >= 4 is 22.7 Å². The van der Waals surface area contributed by atoms with E-state index in [1.165, 1.54) is 0 Å². The Morgan fingerprint density at radius 1 is 0.900 bits per heavy atom. The molecule has 1 amide bonds. The molecule has 0 unspecified atom stereocenters. The third kappa shape index (κ3) is 4.72. The highest BCUT2D eigenvalue weighted by Gasteiger charge is 2.10. The van der Waals surface area contributed by atoms with E-state index in [1.54, 1.807) is 36.4 Å². The van der Waals surface area contributed by atoms with Gasteiger partial charge in [0.1, 0.15) is 11.6 Å².